The minimum atomic E-state index is -1.20. The SMILES string of the molecule is O=C(O)c1cc(C(=O)O)cc(-c2ccc(C3C(c4ccccn4)NC(=S)N3C3CCCCC3)o2)c1. The zero-order valence-electron chi connectivity index (χ0n) is 18.9. The first kappa shape index (κ1) is 23.0. The van der Waals surface area contributed by atoms with Crippen LogP contribution in [0.1, 0.15) is 76.4 Å². The average Bonchev–Trinajstić information content (AvgIpc) is 3.49. The second-order valence-electron chi connectivity index (χ2n) is 8.94. The normalized spacial score (nSPS) is 20.6. The van der Waals surface area contributed by atoms with Crippen LogP contribution in [0.2, 0.25) is 0 Å². The molecule has 3 heterocycles. The molecule has 3 aromatic rings. The second kappa shape index (κ2) is 9.50. The highest BCUT2D eigenvalue weighted by Gasteiger charge is 2.44. The molecule has 0 radical (unpaired) electrons. The van der Waals surface area contributed by atoms with Crippen molar-refractivity contribution in [3.8, 4) is 11.3 Å². The summed E-state index contributed by atoms with van der Waals surface area (Å²) in [7, 11) is 0. The van der Waals surface area contributed by atoms with E-state index in [1.165, 1.54) is 18.6 Å². The van der Waals surface area contributed by atoms with E-state index in [2.05, 4.69) is 15.2 Å². The molecule has 8 nitrogen and oxygen atoms in total. The van der Waals surface area contributed by atoms with Crippen molar-refractivity contribution in [1.82, 2.24) is 15.2 Å². The molecule has 0 spiro atoms. The number of pyridine rings is 1. The number of nitrogens with zero attached hydrogens (tertiary/aromatic N) is 2. The third-order valence-electron chi connectivity index (χ3n) is 6.73. The molecule has 1 saturated heterocycles. The first-order valence-electron chi connectivity index (χ1n) is 11.6. The van der Waals surface area contributed by atoms with Crippen molar-refractivity contribution in [2.75, 3.05) is 0 Å². The first-order chi connectivity index (χ1) is 16.9. The minimum absolute atomic E-state index is 0.114. The van der Waals surface area contributed by atoms with Gasteiger partial charge in [0.1, 0.15) is 17.6 Å². The van der Waals surface area contributed by atoms with Gasteiger partial charge in [-0.1, -0.05) is 25.3 Å². The van der Waals surface area contributed by atoms with Gasteiger partial charge in [-0.25, -0.2) is 9.59 Å². The van der Waals surface area contributed by atoms with E-state index in [9.17, 15) is 19.8 Å². The first-order valence-corrected chi connectivity index (χ1v) is 12.0. The van der Waals surface area contributed by atoms with Crippen LogP contribution in [-0.2, 0) is 0 Å². The number of rotatable bonds is 6. The lowest BCUT2D eigenvalue weighted by molar-refractivity contribution is 0.0696. The molecule has 1 saturated carbocycles. The molecular weight excluding hydrogens is 466 g/mol. The molecule has 5 rings (SSSR count). The maximum absolute atomic E-state index is 11.6. The molecule has 3 N–H and O–H groups in total. The maximum Gasteiger partial charge on any atom is 0.335 e. The van der Waals surface area contributed by atoms with Crippen molar-refractivity contribution in [2.24, 2.45) is 0 Å². The van der Waals surface area contributed by atoms with Crippen molar-refractivity contribution >= 4 is 29.3 Å². The Kier molecular flexibility index (Phi) is 6.25. The number of benzene rings is 1. The third-order valence-corrected chi connectivity index (χ3v) is 7.06. The summed E-state index contributed by atoms with van der Waals surface area (Å²) >= 11 is 5.78. The van der Waals surface area contributed by atoms with Crippen LogP contribution >= 0.6 is 12.2 Å². The fraction of sp³-hybridized carbons (Fsp3) is 0.308. The lowest BCUT2D eigenvalue weighted by Crippen LogP contribution is -2.40. The number of aromatic carboxylic acids is 2. The van der Waals surface area contributed by atoms with E-state index in [-0.39, 0.29) is 29.3 Å². The molecule has 2 aromatic heterocycles. The van der Waals surface area contributed by atoms with E-state index >= 15 is 0 Å². The standard InChI is InChI=1S/C26H25N3O5S/c30-24(31)16-12-15(13-17(14-16)25(32)33)20-9-10-21(34-20)23-22(19-8-4-5-11-27-19)28-26(35)29(23)18-6-2-1-3-7-18/h4-5,8-14,18,22-23H,1-3,6-7H2,(H,28,35)(H,30,31)(H,32,33). The summed E-state index contributed by atoms with van der Waals surface area (Å²) in [6.45, 7) is 0. The maximum atomic E-state index is 11.6. The number of hydrogen-bond acceptors (Lipinski definition) is 5. The molecule has 1 aromatic carbocycles. The van der Waals surface area contributed by atoms with Gasteiger partial charge in [0.15, 0.2) is 5.11 Å². The van der Waals surface area contributed by atoms with E-state index in [1.807, 2.05) is 24.3 Å². The number of carboxylic acids is 2. The molecule has 0 amide bonds. The molecule has 9 heteroatoms. The van der Waals surface area contributed by atoms with E-state index in [0.29, 0.717) is 22.2 Å². The average molecular weight is 492 g/mol. The van der Waals surface area contributed by atoms with E-state index in [1.54, 1.807) is 12.3 Å². The highest BCUT2D eigenvalue weighted by molar-refractivity contribution is 7.80. The summed E-state index contributed by atoms with van der Waals surface area (Å²) in [6, 6.07) is 13.2. The number of thiocarbonyl (C=S) groups is 1. The zero-order chi connectivity index (χ0) is 24.5. The van der Waals surface area contributed by atoms with Gasteiger partial charge in [-0.15, -0.1) is 0 Å². The van der Waals surface area contributed by atoms with Gasteiger partial charge in [0.2, 0.25) is 0 Å². The van der Waals surface area contributed by atoms with Crippen LogP contribution in [0.25, 0.3) is 11.3 Å². The van der Waals surface area contributed by atoms with Crippen molar-refractivity contribution in [3.63, 3.8) is 0 Å². The third kappa shape index (κ3) is 4.51. The Bertz CT molecular complexity index is 1240. The number of hydrogen-bond donors (Lipinski definition) is 3. The summed E-state index contributed by atoms with van der Waals surface area (Å²) in [5, 5.41) is 23.0. The lowest BCUT2D eigenvalue weighted by atomic mass is 9.92. The molecule has 2 unspecified atom stereocenters. The molecule has 2 atom stereocenters. The number of aromatic nitrogens is 1. The summed E-state index contributed by atoms with van der Waals surface area (Å²) in [5.74, 6) is -1.35. The van der Waals surface area contributed by atoms with Gasteiger partial charge in [-0.3, -0.25) is 4.98 Å². The van der Waals surface area contributed by atoms with E-state index < -0.39 is 11.9 Å². The Morgan fingerprint density at radius 3 is 2.34 bits per heavy atom. The summed E-state index contributed by atoms with van der Waals surface area (Å²) in [6.07, 6.45) is 7.35. The van der Waals surface area contributed by atoms with Crippen molar-refractivity contribution in [1.29, 1.82) is 0 Å². The summed E-state index contributed by atoms with van der Waals surface area (Å²) in [4.78, 5) is 29.9. The van der Waals surface area contributed by atoms with Crippen LogP contribution in [0.4, 0.5) is 0 Å². The Labute approximate surface area is 207 Å². The molecule has 1 aliphatic carbocycles. The largest absolute Gasteiger partial charge is 0.478 e. The van der Waals surface area contributed by atoms with Gasteiger partial charge in [0.05, 0.1) is 22.9 Å². The number of nitrogens with one attached hydrogen (secondary N) is 1. The predicted octanol–water partition coefficient (Wildman–Crippen LogP) is 5.04. The Morgan fingerprint density at radius 1 is 1.00 bits per heavy atom. The Hall–Kier alpha value is -3.72. The van der Waals surface area contributed by atoms with Gasteiger partial charge in [0.25, 0.3) is 0 Å². The predicted molar refractivity (Wildman–Crippen MR) is 132 cm³/mol. The van der Waals surface area contributed by atoms with E-state index in [4.69, 9.17) is 16.6 Å². The van der Waals surface area contributed by atoms with Crippen LogP contribution < -0.4 is 5.32 Å². The lowest BCUT2D eigenvalue weighted by Gasteiger charge is -2.36. The number of carbonyl (C=O) groups is 2. The second-order valence-corrected chi connectivity index (χ2v) is 9.32. The van der Waals surface area contributed by atoms with Gasteiger partial charge in [0, 0.05) is 17.8 Å². The summed E-state index contributed by atoms with van der Waals surface area (Å²) in [5.41, 5.74) is 1.01. The fourth-order valence-corrected chi connectivity index (χ4v) is 5.50. The van der Waals surface area contributed by atoms with Crippen LogP contribution in [0.3, 0.4) is 0 Å². The van der Waals surface area contributed by atoms with Crippen LogP contribution in [0, 0.1) is 0 Å². The number of furan rings is 1. The summed E-state index contributed by atoms with van der Waals surface area (Å²) < 4.78 is 6.29. The van der Waals surface area contributed by atoms with Gasteiger partial charge in [-0.2, -0.15) is 0 Å². The van der Waals surface area contributed by atoms with Crippen LogP contribution in [-0.4, -0.2) is 43.2 Å². The van der Waals surface area contributed by atoms with Gasteiger partial charge in [-0.05, 0) is 67.5 Å². The molecule has 1 aliphatic heterocycles. The van der Waals surface area contributed by atoms with Gasteiger partial charge < -0.3 is 24.8 Å². The van der Waals surface area contributed by atoms with Crippen LogP contribution in [0.5, 0.6) is 0 Å². The Balaban J connectivity index is 1.56. The van der Waals surface area contributed by atoms with Crippen molar-refractivity contribution < 1.29 is 24.2 Å². The molecule has 180 valence electrons. The van der Waals surface area contributed by atoms with Gasteiger partial charge >= 0.3 is 11.9 Å². The molecule has 35 heavy (non-hydrogen) atoms. The highest BCUT2D eigenvalue weighted by atomic mass is 32.1. The van der Waals surface area contributed by atoms with Crippen molar-refractivity contribution in [3.05, 3.63) is 77.3 Å². The molecule has 2 aliphatic rings. The number of carboxylic acid groups (broad SMARTS) is 2. The topological polar surface area (TPSA) is 116 Å². The highest BCUT2D eigenvalue weighted by Crippen LogP contribution is 2.43. The van der Waals surface area contributed by atoms with E-state index in [0.717, 1.165) is 37.4 Å². The quantitative estimate of drug-likeness (QED) is 0.408. The minimum Gasteiger partial charge on any atom is -0.478 e. The molecule has 0 bridgehead atoms. The monoisotopic (exact) mass is 491 g/mol. The Morgan fingerprint density at radius 2 is 1.71 bits per heavy atom. The zero-order valence-corrected chi connectivity index (χ0v) is 19.7. The molecular formula is C26H25N3O5S. The van der Waals surface area contributed by atoms with Crippen LogP contribution in [0.15, 0.2) is 59.1 Å². The fourth-order valence-electron chi connectivity index (χ4n) is 5.11. The smallest absolute Gasteiger partial charge is 0.335 e. The molecule has 2 fully saturated rings. The van der Waals surface area contributed by atoms with Crippen molar-refractivity contribution in [2.45, 2.75) is 50.2 Å².